The number of benzene rings is 3. The van der Waals surface area contributed by atoms with E-state index in [0.717, 1.165) is 39.3 Å². The van der Waals surface area contributed by atoms with Gasteiger partial charge in [-0.1, -0.05) is 95.2 Å². The van der Waals surface area contributed by atoms with E-state index in [1.165, 1.54) is 60.9 Å². The number of alkyl halides is 26. The smallest absolute Gasteiger partial charge is 0.460 e. The van der Waals surface area contributed by atoms with E-state index in [1.54, 1.807) is 0 Å². The number of amides is 7. The van der Waals surface area contributed by atoms with E-state index in [-0.39, 0.29) is 159 Å². The quantitative estimate of drug-likeness (QED) is 0.0123. The highest BCUT2D eigenvalue weighted by molar-refractivity contribution is 6.03. The van der Waals surface area contributed by atoms with Gasteiger partial charge in [0.2, 0.25) is 40.8 Å². The number of ether oxygens (including phenoxy) is 1. The van der Waals surface area contributed by atoms with Crippen molar-refractivity contribution in [2.24, 2.45) is 40.1 Å². The minimum atomic E-state index is -8.24. The van der Waals surface area contributed by atoms with Gasteiger partial charge in [-0.25, -0.2) is 4.58 Å². The molecule has 3 aromatic carbocycles. The predicted molar refractivity (Wildman–Crippen MR) is 464 cm³/mol. The van der Waals surface area contributed by atoms with Crippen LogP contribution in [0.1, 0.15) is 212 Å². The Balaban J connectivity index is 0.0000346. The van der Waals surface area contributed by atoms with Gasteiger partial charge in [-0.2, -0.15) is 114 Å². The molecule has 3 aliphatic rings. The summed E-state index contributed by atoms with van der Waals surface area (Å²) in [6.45, 7) is -6.57. The molecular formula is C90H126ClF26N15O8. The maximum absolute atomic E-state index is 16.2. The van der Waals surface area contributed by atoms with E-state index >= 15 is 54.3 Å². The van der Waals surface area contributed by atoms with Crippen LogP contribution in [0, 0.1) is 0 Å². The maximum atomic E-state index is 16.2. The zero-order chi connectivity index (χ0) is 104. The molecule has 798 valence electrons. The van der Waals surface area contributed by atoms with Crippen LogP contribution in [-0.4, -0.2) is 286 Å². The van der Waals surface area contributed by atoms with E-state index in [0.29, 0.717) is 148 Å². The van der Waals surface area contributed by atoms with Gasteiger partial charge in [0.25, 0.3) is 5.91 Å². The lowest BCUT2D eigenvalue weighted by atomic mass is 9.86. The largest absolute Gasteiger partial charge is 1.00 e. The number of carbonyl (C=O) groups is 7. The van der Waals surface area contributed by atoms with Crippen LogP contribution < -0.4 is 77.3 Å². The van der Waals surface area contributed by atoms with Gasteiger partial charge in [-0.3, -0.25) is 33.6 Å². The van der Waals surface area contributed by atoms with Gasteiger partial charge in [0, 0.05) is 104 Å². The molecule has 0 unspecified atom stereocenters. The highest BCUT2D eigenvalue weighted by atomic mass is 35.5. The van der Waals surface area contributed by atoms with Crippen LogP contribution in [0.3, 0.4) is 0 Å². The third kappa shape index (κ3) is 30.1. The molecule has 3 aliphatic heterocycles. The minimum absolute atomic E-state index is 0. The van der Waals surface area contributed by atoms with Gasteiger partial charge in [0.1, 0.15) is 31.1 Å². The van der Waals surface area contributed by atoms with Crippen LogP contribution in [0.5, 0.6) is 11.5 Å². The van der Waals surface area contributed by atoms with E-state index in [4.69, 9.17) is 44.9 Å². The van der Waals surface area contributed by atoms with Crippen molar-refractivity contribution in [3.05, 3.63) is 86.9 Å². The molecule has 23 nitrogen and oxygen atoms in total. The van der Waals surface area contributed by atoms with Crippen LogP contribution >= 0.6 is 0 Å². The number of primary amides is 1. The first-order chi connectivity index (χ1) is 64.9. The molecule has 50 heteroatoms. The third-order valence-electron chi connectivity index (χ3n) is 24.7. The Morgan fingerprint density at radius 1 is 0.357 bits per heavy atom. The standard InChI is InChI=1S/C90H125F26N15O8.ClH/c91-79(92,81(95,96)83(99,100)85(103,104)87(107,108)89(111,112)113)33-49-124-47-27-29-61-51-65-69(53-67(61)124)139-70-54-68-62(30-28-48-125(68)50-34-80(93,94)82(97,98)84(101,102)86(105,106)88(109,110)90(114,115)116)52-66(70)77(65)63-31-13-14-32-64(63)78(138)131(46-26-12-6-20-40-122)60-76(137)130(45-25-11-5-19-39-121)59-75(136)129(44-24-10-4-18-38-120)58-74(135)128(43-23-9-3-17-37-119)57-73(134)127(42-22-8-2-16-36-118)56-72(133)126(55-71(123)132)41-21-7-1-15-35-117;/h13-14,31-32,51-54H,1-12,15-30,33-50,55-60,117-122H2,(H-,123,132);1H. The van der Waals surface area contributed by atoms with Crippen molar-refractivity contribution >= 4 is 52.6 Å². The summed E-state index contributed by atoms with van der Waals surface area (Å²) in [5.41, 5.74) is 39.3. The Kier molecular flexibility index (Phi) is 46.4. The fourth-order valence-corrected chi connectivity index (χ4v) is 16.5. The molecule has 0 saturated carbocycles. The molecule has 14 N–H and O–H groups in total. The second kappa shape index (κ2) is 53.3. The van der Waals surface area contributed by atoms with Crippen molar-refractivity contribution < 1.29 is 165 Å². The number of carbonyl (C=O) groups excluding carboxylic acids is 7. The predicted octanol–water partition coefficient (Wildman–Crippen LogP) is 10.7. The number of unbranched alkanes of at least 4 members (excludes halogenated alkanes) is 18. The van der Waals surface area contributed by atoms with Gasteiger partial charge in [-0.15, -0.1) is 0 Å². The van der Waals surface area contributed by atoms with Crippen molar-refractivity contribution in [2.45, 2.75) is 264 Å². The number of fused-ring (bicyclic) bond motifs is 4. The molecule has 3 aromatic rings. The fraction of sp³-hybridized carbons (Fsp3) is 0.711. The van der Waals surface area contributed by atoms with Gasteiger partial charge in [0.05, 0.1) is 45.2 Å². The van der Waals surface area contributed by atoms with Crippen molar-refractivity contribution in [1.82, 2.24) is 34.0 Å². The zero-order valence-electron chi connectivity index (χ0n) is 77.5. The number of halogens is 27. The monoisotopic (exact) mass is 2070 g/mol. The van der Waals surface area contributed by atoms with Crippen LogP contribution in [0.15, 0.2) is 48.5 Å². The second-order valence-corrected chi connectivity index (χ2v) is 35.1. The van der Waals surface area contributed by atoms with Gasteiger partial charge >= 0.3 is 71.6 Å². The molecule has 3 heterocycles. The average molecular weight is 2080 g/mol. The number of aryl methyl sites for hydroxylation is 2. The van der Waals surface area contributed by atoms with Gasteiger partial charge < -0.3 is 91.6 Å². The van der Waals surface area contributed by atoms with E-state index in [1.807, 2.05) is 0 Å². The molecule has 0 spiro atoms. The van der Waals surface area contributed by atoms with E-state index in [9.17, 15) is 93.4 Å². The zero-order valence-corrected chi connectivity index (χ0v) is 78.2. The van der Waals surface area contributed by atoms with Crippen LogP contribution in [0.2, 0.25) is 0 Å². The first-order valence-corrected chi connectivity index (χ1v) is 46.5. The highest BCUT2D eigenvalue weighted by Gasteiger charge is 2.92. The molecule has 0 fully saturated rings. The summed E-state index contributed by atoms with van der Waals surface area (Å²) in [4.78, 5) is 112. The van der Waals surface area contributed by atoms with Crippen molar-refractivity contribution in [1.29, 1.82) is 0 Å². The van der Waals surface area contributed by atoms with Crippen molar-refractivity contribution in [3.63, 3.8) is 0 Å². The SMILES string of the molecule is NCCCCCCN(CC(N)=O)C(=O)CN(CCCCCCN)C(=O)CN(CCCCCCN)C(=O)CN(CCCCCCN)C(=O)CN(CCCCCCN)C(=O)CN(CCCCCCN)C(=O)c1ccccc1C1=c2cc3c(cc2Oc2cc4c(cc21)CCCN4CCC(F)(F)C(F)(F)C(F)(F)C(F)(F)C(F)(F)C(F)(F)F)=[N+](CCC(F)(F)C(F)(F)C(F)(F)C(F)(F)C(F)(F)C(F)(F)F)CCC3.[Cl-]. The lowest BCUT2D eigenvalue weighted by Crippen LogP contribution is -3.00. The number of hydrogen-bond acceptors (Lipinski definition) is 15. The molecule has 0 bridgehead atoms. The summed E-state index contributed by atoms with van der Waals surface area (Å²) in [6.07, 6.45) is -9.40. The lowest BCUT2D eigenvalue weighted by molar-refractivity contribution is -0.440. The second-order valence-electron chi connectivity index (χ2n) is 35.1. The Bertz CT molecular complexity index is 4660. The summed E-state index contributed by atoms with van der Waals surface area (Å²) in [6, 6.07) is 9.71. The minimum Gasteiger partial charge on any atom is -1.00 e. The summed E-state index contributed by atoms with van der Waals surface area (Å²) < 4.78 is 383. The maximum Gasteiger partial charge on any atom is 0.460 e. The molecule has 0 aliphatic carbocycles. The number of nitrogens with two attached hydrogens (primary N) is 7. The molecule has 140 heavy (non-hydrogen) atoms. The average Bonchev–Trinajstić information content (AvgIpc) is 0.719. The summed E-state index contributed by atoms with van der Waals surface area (Å²) in [5.74, 6) is -83.8. The van der Waals surface area contributed by atoms with Crippen LogP contribution in [0.25, 0.3) is 5.57 Å². The normalized spacial score (nSPS) is 14.2. The molecule has 0 saturated heterocycles. The summed E-state index contributed by atoms with van der Waals surface area (Å²) in [7, 11) is 0. The molecule has 0 aromatic heterocycles. The summed E-state index contributed by atoms with van der Waals surface area (Å²) in [5, 5.41) is -0.511. The molecular weight excluding hydrogens is 1950 g/mol. The molecule has 0 radical (unpaired) electrons. The summed E-state index contributed by atoms with van der Waals surface area (Å²) >= 11 is 0. The molecule has 7 amide bonds. The van der Waals surface area contributed by atoms with Crippen molar-refractivity contribution in [3.8, 4) is 11.5 Å². The lowest BCUT2D eigenvalue weighted by Gasteiger charge is -2.40. The van der Waals surface area contributed by atoms with E-state index < -0.39 is 203 Å². The van der Waals surface area contributed by atoms with Gasteiger partial charge in [0.15, 0.2) is 0 Å². The number of nitrogens with zero attached hydrogens (tertiary/aromatic N) is 8. The molecule has 6 rings (SSSR count). The topological polar surface area (TPSA) is 337 Å². The van der Waals surface area contributed by atoms with Gasteiger partial charge in [-0.05, 0) is 165 Å². The first-order valence-electron chi connectivity index (χ1n) is 46.5. The number of hydrogen-bond donors (Lipinski definition) is 7. The Labute approximate surface area is 800 Å². The first kappa shape index (κ1) is 122. The fourth-order valence-electron chi connectivity index (χ4n) is 16.5. The Morgan fingerprint density at radius 3 is 1.06 bits per heavy atom. The van der Waals surface area contributed by atoms with Crippen molar-refractivity contribution in [2.75, 3.05) is 149 Å². The number of rotatable bonds is 64. The Morgan fingerprint density at radius 2 is 0.693 bits per heavy atom. The number of anilines is 1. The molecule has 0 atom stereocenters. The van der Waals surface area contributed by atoms with E-state index in [2.05, 4.69) is 0 Å². The Hall–Kier alpha value is -8.55. The highest BCUT2D eigenvalue weighted by Crippen LogP contribution is 2.63. The van der Waals surface area contributed by atoms with Crippen LogP contribution in [-0.2, 0) is 41.6 Å². The van der Waals surface area contributed by atoms with Crippen LogP contribution in [0.4, 0.5) is 120 Å². The third-order valence-corrected chi connectivity index (χ3v) is 24.7.